The molecule has 0 N–H and O–H groups in total. The molecule has 0 fully saturated rings. The molecular formula is C45H25N3O4S. The van der Waals surface area contributed by atoms with Gasteiger partial charge in [-0.2, -0.15) is 0 Å². The van der Waals surface area contributed by atoms with Gasteiger partial charge in [0.2, 0.25) is 9.84 Å². The van der Waals surface area contributed by atoms with Gasteiger partial charge < -0.3 is 8.83 Å². The summed E-state index contributed by atoms with van der Waals surface area (Å²) in [5, 5.41) is 4.05. The average molecular weight is 704 g/mol. The Labute approximate surface area is 302 Å². The molecule has 250 valence electrons. The fourth-order valence-corrected chi connectivity index (χ4v) is 9.25. The first-order valence-electron chi connectivity index (χ1n) is 17.2. The van der Waals surface area contributed by atoms with Crippen LogP contribution in [-0.2, 0) is 9.84 Å². The molecule has 0 saturated heterocycles. The molecule has 0 spiro atoms. The van der Waals surface area contributed by atoms with Crippen molar-refractivity contribution in [3.63, 3.8) is 0 Å². The number of aromatic nitrogens is 3. The normalized spacial score (nSPS) is 13.2. The number of furan rings is 2. The molecule has 0 unspecified atom stereocenters. The number of benzene rings is 7. The molecule has 1 aliphatic rings. The van der Waals surface area contributed by atoms with Gasteiger partial charge in [-0.25, -0.2) is 23.4 Å². The monoisotopic (exact) mass is 703 g/mol. The Morgan fingerprint density at radius 2 is 0.906 bits per heavy atom. The molecule has 0 atom stereocenters. The van der Waals surface area contributed by atoms with Gasteiger partial charge >= 0.3 is 0 Å². The van der Waals surface area contributed by atoms with E-state index < -0.39 is 9.84 Å². The van der Waals surface area contributed by atoms with Crippen LogP contribution in [0, 0.1) is 0 Å². The average Bonchev–Trinajstić information content (AvgIpc) is 3.85. The lowest BCUT2D eigenvalue weighted by Gasteiger charge is -2.10. The predicted molar refractivity (Wildman–Crippen MR) is 207 cm³/mol. The fraction of sp³-hybridized carbons (Fsp3) is 0. The minimum absolute atomic E-state index is 0.258. The third kappa shape index (κ3) is 4.52. The number of para-hydroxylation sites is 2. The highest BCUT2D eigenvalue weighted by Crippen LogP contribution is 2.47. The first kappa shape index (κ1) is 29.8. The van der Waals surface area contributed by atoms with E-state index in [0.29, 0.717) is 34.2 Å². The Bertz CT molecular complexity index is 3260. The summed E-state index contributed by atoms with van der Waals surface area (Å²) in [6.07, 6.45) is 0. The summed E-state index contributed by atoms with van der Waals surface area (Å²) in [5.74, 6) is 1.41. The van der Waals surface area contributed by atoms with Crippen molar-refractivity contribution in [1.29, 1.82) is 0 Å². The Kier molecular flexibility index (Phi) is 6.21. The summed E-state index contributed by atoms with van der Waals surface area (Å²) in [4.78, 5) is 15.4. The van der Waals surface area contributed by atoms with Crippen LogP contribution in [0.25, 0.3) is 100 Å². The quantitative estimate of drug-likeness (QED) is 0.180. The molecule has 10 aromatic rings. The Morgan fingerprint density at radius 3 is 1.66 bits per heavy atom. The van der Waals surface area contributed by atoms with Crippen LogP contribution in [0.4, 0.5) is 0 Å². The van der Waals surface area contributed by atoms with Crippen LogP contribution in [0.5, 0.6) is 0 Å². The van der Waals surface area contributed by atoms with Gasteiger partial charge in [-0.3, -0.25) is 0 Å². The van der Waals surface area contributed by atoms with Gasteiger partial charge in [-0.15, -0.1) is 0 Å². The standard InChI is InChI=1S/C45H25N3O4S/c49-53(50)40-21-18-27(30-13-8-16-38-42(30)33-12-5-7-15-37(33)51-38)23-34(40)35-24-28(19-22-41(35)53)44-46-43(26-9-2-1-3-10-26)47-45(48-44)29-17-20-32-31-11-4-6-14-36(31)52-39(32)25-29/h1-25H. The van der Waals surface area contributed by atoms with Gasteiger partial charge in [0.25, 0.3) is 0 Å². The molecule has 0 saturated carbocycles. The van der Waals surface area contributed by atoms with Crippen LogP contribution < -0.4 is 0 Å². The zero-order valence-electron chi connectivity index (χ0n) is 27.8. The molecule has 0 aliphatic carbocycles. The number of sulfone groups is 1. The molecule has 53 heavy (non-hydrogen) atoms. The van der Waals surface area contributed by atoms with Gasteiger partial charge in [-0.1, -0.05) is 91.0 Å². The number of hydrogen-bond acceptors (Lipinski definition) is 7. The van der Waals surface area contributed by atoms with Gasteiger partial charge in [0.1, 0.15) is 22.3 Å². The third-order valence-electron chi connectivity index (χ3n) is 10.1. The maximum atomic E-state index is 13.9. The van der Waals surface area contributed by atoms with E-state index in [1.165, 1.54) is 0 Å². The van der Waals surface area contributed by atoms with Crippen molar-refractivity contribution >= 4 is 53.7 Å². The molecular weight excluding hydrogens is 679 g/mol. The van der Waals surface area contributed by atoms with Crippen molar-refractivity contribution in [3.8, 4) is 56.4 Å². The lowest BCUT2D eigenvalue weighted by molar-refractivity contribution is 0.598. The van der Waals surface area contributed by atoms with Crippen molar-refractivity contribution in [3.05, 3.63) is 152 Å². The van der Waals surface area contributed by atoms with Gasteiger partial charge in [0.05, 0.1) is 9.79 Å². The maximum absolute atomic E-state index is 13.9. The highest BCUT2D eigenvalue weighted by atomic mass is 32.2. The second kappa shape index (κ2) is 11.0. The molecule has 4 heterocycles. The number of hydrogen-bond donors (Lipinski definition) is 0. The minimum atomic E-state index is -3.75. The summed E-state index contributed by atoms with van der Waals surface area (Å²) in [6, 6.07) is 48.5. The van der Waals surface area contributed by atoms with Crippen molar-refractivity contribution < 1.29 is 17.3 Å². The van der Waals surface area contributed by atoms with Crippen LogP contribution in [0.15, 0.2) is 170 Å². The molecule has 7 aromatic carbocycles. The van der Waals surface area contributed by atoms with E-state index in [0.717, 1.165) is 66.1 Å². The maximum Gasteiger partial charge on any atom is 0.207 e. The number of fused-ring (bicyclic) bond motifs is 9. The summed E-state index contributed by atoms with van der Waals surface area (Å²) >= 11 is 0. The third-order valence-corrected chi connectivity index (χ3v) is 12.0. The molecule has 11 rings (SSSR count). The topological polar surface area (TPSA) is 99.1 Å². The first-order chi connectivity index (χ1) is 26.0. The molecule has 7 nitrogen and oxygen atoms in total. The number of nitrogens with zero attached hydrogens (tertiary/aromatic N) is 3. The second-order valence-electron chi connectivity index (χ2n) is 13.2. The Hall–Kier alpha value is -6.90. The fourth-order valence-electron chi connectivity index (χ4n) is 7.61. The first-order valence-corrected chi connectivity index (χ1v) is 18.7. The summed E-state index contributed by atoms with van der Waals surface area (Å²) in [7, 11) is -3.75. The van der Waals surface area contributed by atoms with Gasteiger partial charge in [0.15, 0.2) is 17.5 Å². The Balaban J connectivity index is 1.08. The highest BCUT2D eigenvalue weighted by molar-refractivity contribution is 7.92. The van der Waals surface area contributed by atoms with Crippen LogP contribution in [0.3, 0.4) is 0 Å². The van der Waals surface area contributed by atoms with Gasteiger partial charge in [0, 0.05) is 49.4 Å². The van der Waals surface area contributed by atoms with Crippen molar-refractivity contribution in [1.82, 2.24) is 15.0 Å². The van der Waals surface area contributed by atoms with E-state index in [4.69, 9.17) is 23.8 Å². The van der Waals surface area contributed by atoms with E-state index in [9.17, 15) is 8.42 Å². The molecule has 1 aliphatic heterocycles. The minimum Gasteiger partial charge on any atom is -0.456 e. The summed E-state index contributed by atoms with van der Waals surface area (Å²) in [6.45, 7) is 0. The largest absolute Gasteiger partial charge is 0.456 e. The molecule has 0 radical (unpaired) electrons. The molecule has 3 aromatic heterocycles. The summed E-state index contributed by atoms with van der Waals surface area (Å²) in [5.41, 5.74) is 8.51. The van der Waals surface area contributed by atoms with E-state index in [-0.39, 0.29) is 9.79 Å². The molecule has 8 heteroatoms. The SMILES string of the molecule is O=S1(=O)c2ccc(-c3nc(-c4ccccc4)nc(-c4ccc5c(c4)oc4ccccc45)n3)cc2-c2cc(-c3cccc4oc5ccccc5c34)ccc21. The zero-order chi connectivity index (χ0) is 35.3. The van der Waals surface area contributed by atoms with Crippen LogP contribution in [0.1, 0.15) is 0 Å². The van der Waals surface area contributed by atoms with Crippen LogP contribution >= 0.6 is 0 Å². The summed E-state index contributed by atoms with van der Waals surface area (Å²) < 4.78 is 40.2. The molecule has 0 amide bonds. The van der Waals surface area contributed by atoms with Crippen LogP contribution in [0.2, 0.25) is 0 Å². The van der Waals surface area contributed by atoms with E-state index in [2.05, 4.69) is 0 Å². The van der Waals surface area contributed by atoms with Gasteiger partial charge in [-0.05, 0) is 71.8 Å². The van der Waals surface area contributed by atoms with Crippen LogP contribution in [-0.4, -0.2) is 23.4 Å². The zero-order valence-corrected chi connectivity index (χ0v) is 28.6. The van der Waals surface area contributed by atoms with Crippen molar-refractivity contribution in [2.24, 2.45) is 0 Å². The van der Waals surface area contributed by atoms with Crippen molar-refractivity contribution in [2.75, 3.05) is 0 Å². The number of rotatable bonds is 4. The van der Waals surface area contributed by atoms with Crippen molar-refractivity contribution in [2.45, 2.75) is 9.79 Å². The van der Waals surface area contributed by atoms with E-state index in [1.807, 2.05) is 133 Å². The van der Waals surface area contributed by atoms with E-state index >= 15 is 0 Å². The Morgan fingerprint density at radius 1 is 0.377 bits per heavy atom. The second-order valence-corrected chi connectivity index (χ2v) is 15.1. The lowest BCUT2D eigenvalue weighted by atomic mass is 9.95. The smallest absolute Gasteiger partial charge is 0.207 e. The van der Waals surface area contributed by atoms with E-state index in [1.54, 1.807) is 18.2 Å². The highest BCUT2D eigenvalue weighted by Gasteiger charge is 2.34. The molecule has 0 bridgehead atoms. The predicted octanol–water partition coefficient (Wildman–Crippen LogP) is 11.2. The lowest BCUT2D eigenvalue weighted by Crippen LogP contribution is -2.01.